The van der Waals surface area contributed by atoms with Crippen LogP contribution in [0.15, 0.2) is 41.8 Å². The summed E-state index contributed by atoms with van der Waals surface area (Å²) >= 11 is 1.22. The van der Waals surface area contributed by atoms with E-state index in [9.17, 15) is 13.2 Å². The smallest absolute Gasteiger partial charge is 0.187 e. The van der Waals surface area contributed by atoms with Crippen molar-refractivity contribution in [3.63, 3.8) is 0 Å². The third-order valence-electron chi connectivity index (χ3n) is 2.66. The van der Waals surface area contributed by atoms with Crippen LogP contribution in [0.1, 0.15) is 20.8 Å². The summed E-state index contributed by atoms with van der Waals surface area (Å²) in [6, 6.07) is 11.8. The second-order valence-corrected chi connectivity index (χ2v) is 7.21. The molecule has 0 spiro atoms. The molecule has 0 unspecified atom stereocenters. The van der Waals surface area contributed by atoms with Gasteiger partial charge in [-0.1, -0.05) is 24.3 Å². The molecule has 0 fully saturated rings. The summed E-state index contributed by atoms with van der Waals surface area (Å²) in [5.41, 5.74) is 0.744. The molecule has 0 bridgehead atoms. The molecule has 0 saturated carbocycles. The Labute approximate surface area is 121 Å². The first-order valence-electron chi connectivity index (χ1n) is 5.77. The fourth-order valence-electron chi connectivity index (χ4n) is 1.75. The number of sulfone groups is 1. The molecule has 0 atom stereocenters. The first-order chi connectivity index (χ1) is 9.52. The Kier molecular flexibility index (Phi) is 4.32. The average Bonchev–Trinajstić information content (AvgIpc) is 2.92. The van der Waals surface area contributed by atoms with Crippen molar-refractivity contribution in [3.8, 4) is 6.07 Å². The van der Waals surface area contributed by atoms with Gasteiger partial charge in [-0.05, 0) is 23.1 Å². The van der Waals surface area contributed by atoms with Gasteiger partial charge in [-0.25, -0.2) is 8.42 Å². The summed E-state index contributed by atoms with van der Waals surface area (Å²) < 4.78 is 24.1. The van der Waals surface area contributed by atoms with E-state index < -0.39 is 21.4 Å². The standard InChI is InChI=1S/C14H11NO3S2/c15-8-11-4-1-2-5-12(11)9-20(17,18)10-13(16)14-6-3-7-19-14/h1-7H,9-10H2. The summed E-state index contributed by atoms with van der Waals surface area (Å²) in [6.07, 6.45) is 0. The number of rotatable bonds is 5. The lowest BCUT2D eigenvalue weighted by Gasteiger charge is -2.05. The lowest BCUT2D eigenvalue weighted by molar-refractivity contribution is 0.102. The zero-order chi connectivity index (χ0) is 14.6. The molecule has 20 heavy (non-hydrogen) atoms. The number of hydrogen-bond acceptors (Lipinski definition) is 5. The van der Waals surface area contributed by atoms with Crippen molar-refractivity contribution >= 4 is 27.0 Å². The van der Waals surface area contributed by atoms with Gasteiger partial charge in [0.15, 0.2) is 15.6 Å². The molecule has 2 aromatic rings. The number of benzene rings is 1. The van der Waals surface area contributed by atoms with Crippen molar-refractivity contribution in [1.29, 1.82) is 5.26 Å². The van der Waals surface area contributed by atoms with Crippen molar-refractivity contribution in [3.05, 3.63) is 57.8 Å². The largest absolute Gasteiger partial charge is 0.292 e. The molecule has 0 aliphatic heterocycles. The highest BCUT2D eigenvalue weighted by Crippen LogP contribution is 2.15. The number of carbonyl (C=O) groups excluding carboxylic acids is 1. The van der Waals surface area contributed by atoms with Crippen LogP contribution in [-0.2, 0) is 15.6 Å². The predicted molar refractivity (Wildman–Crippen MR) is 77.3 cm³/mol. The fourth-order valence-corrected chi connectivity index (χ4v) is 3.89. The molecule has 1 aromatic heterocycles. The Hall–Kier alpha value is -1.97. The number of carbonyl (C=O) groups is 1. The molecule has 6 heteroatoms. The van der Waals surface area contributed by atoms with Gasteiger partial charge in [-0.3, -0.25) is 4.79 Å². The maximum absolute atomic E-state index is 12.0. The van der Waals surface area contributed by atoms with Crippen molar-refractivity contribution in [2.45, 2.75) is 5.75 Å². The molecule has 0 saturated heterocycles. The Balaban J connectivity index is 2.16. The van der Waals surface area contributed by atoms with Crippen LogP contribution in [-0.4, -0.2) is 20.0 Å². The topological polar surface area (TPSA) is 75.0 Å². The minimum atomic E-state index is -3.59. The van der Waals surface area contributed by atoms with E-state index in [2.05, 4.69) is 0 Å². The molecule has 0 aliphatic carbocycles. The molecule has 0 N–H and O–H groups in total. The predicted octanol–water partition coefficient (Wildman–Crippen LogP) is 2.42. The van der Waals surface area contributed by atoms with Crippen LogP contribution in [0, 0.1) is 11.3 Å². The minimum Gasteiger partial charge on any atom is -0.292 e. The van der Waals surface area contributed by atoms with Gasteiger partial charge < -0.3 is 0 Å². The van der Waals surface area contributed by atoms with Gasteiger partial charge in [0, 0.05) is 0 Å². The summed E-state index contributed by atoms with van der Waals surface area (Å²) in [5.74, 6) is -1.24. The second kappa shape index (κ2) is 5.99. The van der Waals surface area contributed by atoms with Crippen LogP contribution in [0.2, 0.25) is 0 Å². The monoisotopic (exact) mass is 305 g/mol. The van der Waals surface area contributed by atoms with E-state index in [0.717, 1.165) is 0 Å². The normalized spacial score (nSPS) is 10.9. The first-order valence-corrected chi connectivity index (χ1v) is 8.47. The second-order valence-electron chi connectivity index (χ2n) is 4.20. The Morgan fingerprint density at radius 2 is 1.95 bits per heavy atom. The molecule has 1 aromatic carbocycles. The van der Waals surface area contributed by atoms with Crippen molar-refractivity contribution in [1.82, 2.24) is 0 Å². The number of Topliss-reactive ketones (excluding diaryl/α,β-unsaturated/α-hetero) is 1. The number of ketones is 1. The summed E-state index contributed by atoms with van der Waals surface area (Å²) in [7, 11) is -3.59. The lowest BCUT2D eigenvalue weighted by Crippen LogP contribution is -2.17. The van der Waals surface area contributed by atoms with Crippen molar-refractivity contribution in [2.24, 2.45) is 0 Å². The van der Waals surface area contributed by atoms with Gasteiger partial charge >= 0.3 is 0 Å². The molecule has 0 aliphatic rings. The van der Waals surface area contributed by atoms with Crippen LogP contribution in [0.25, 0.3) is 0 Å². The highest BCUT2D eigenvalue weighted by molar-refractivity contribution is 7.91. The van der Waals surface area contributed by atoms with E-state index in [0.29, 0.717) is 16.0 Å². The molecule has 2 rings (SSSR count). The molecule has 4 nitrogen and oxygen atoms in total. The fraction of sp³-hybridized carbons (Fsp3) is 0.143. The Morgan fingerprint density at radius 3 is 2.60 bits per heavy atom. The maximum Gasteiger partial charge on any atom is 0.187 e. The number of thiophene rings is 1. The van der Waals surface area contributed by atoms with Crippen LogP contribution >= 0.6 is 11.3 Å². The van der Waals surface area contributed by atoms with E-state index in [1.54, 1.807) is 41.8 Å². The van der Waals surface area contributed by atoms with Gasteiger partial charge in [0.2, 0.25) is 0 Å². The van der Waals surface area contributed by atoms with Crippen molar-refractivity contribution in [2.75, 3.05) is 5.75 Å². The Bertz CT molecular complexity index is 756. The molecular weight excluding hydrogens is 294 g/mol. The number of nitrogens with zero attached hydrogens (tertiary/aromatic N) is 1. The highest BCUT2D eigenvalue weighted by atomic mass is 32.2. The van der Waals surface area contributed by atoms with Gasteiger partial charge in [0.1, 0.15) is 5.75 Å². The summed E-state index contributed by atoms with van der Waals surface area (Å²) in [6.45, 7) is 0. The maximum atomic E-state index is 12.0. The summed E-state index contributed by atoms with van der Waals surface area (Å²) in [4.78, 5) is 12.3. The van der Waals surface area contributed by atoms with Gasteiger partial charge in [-0.2, -0.15) is 5.26 Å². The van der Waals surface area contributed by atoms with E-state index >= 15 is 0 Å². The third-order valence-corrected chi connectivity index (χ3v) is 5.02. The number of hydrogen-bond donors (Lipinski definition) is 0. The quantitative estimate of drug-likeness (QED) is 0.795. The lowest BCUT2D eigenvalue weighted by atomic mass is 10.1. The van der Waals surface area contributed by atoms with Gasteiger partial charge in [-0.15, -0.1) is 11.3 Å². The van der Waals surface area contributed by atoms with Crippen molar-refractivity contribution < 1.29 is 13.2 Å². The highest BCUT2D eigenvalue weighted by Gasteiger charge is 2.20. The van der Waals surface area contributed by atoms with E-state index in [-0.39, 0.29) is 5.75 Å². The minimum absolute atomic E-state index is 0.298. The Morgan fingerprint density at radius 1 is 1.20 bits per heavy atom. The zero-order valence-electron chi connectivity index (χ0n) is 10.4. The molecule has 102 valence electrons. The van der Waals surface area contributed by atoms with E-state index in [1.807, 2.05) is 6.07 Å². The molecule has 0 amide bonds. The third kappa shape index (κ3) is 3.53. The van der Waals surface area contributed by atoms with Crippen LogP contribution in [0.5, 0.6) is 0 Å². The van der Waals surface area contributed by atoms with E-state index in [1.165, 1.54) is 11.3 Å². The zero-order valence-corrected chi connectivity index (χ0v) is 12.1. The van der Waals surface area contributed by atoms with Gasteiger partial charge in [0.25, 0.3) is 0 Å². The molecule has 0 radical (unpaired) electrons. The summed E-state index contributed by atoms with van der Waals surface area (Å²) in [5, 5.41) is 10.7. The van der Waals surface area contributed by atoms with E-state index in [4.69, 9.17) is 5.26 Å². The van der Waals surface area contributed by atoms with Crippen LogP contribution < -0.4 is 0 Å². The number of nitriles is 1. The van der Waals surface area contributed by atoms with Gasteiger partial charge in [0.05, 0.1) is 22.3 Å². The van der Waals surface area contributed by atoms with Crippen LogP contribution in [0.3, 0.4) is 0 Å². The van der Waals surface area contributed by atoms with Crippen LogP contribution in [0.4, 0.5) is 0 Å². The average molecular weight is 305 g/mol. The molecule has 1 heterocycles. The first kappa shape index (κ1) is 14.4. The SMILES string of the molecule is N#Cc1ccccc1CS(=O)(=O)CC(=O)c1cccs1. The molecular formula is C14H11NO3S2.